The topological polar surface area (TPSA) is 58.6 Å². The van der Waals surface area contributed by atoms with Crippen LogP contribution < -0.4 is 10.1 Å². The summed E-state index contributed by atoms with van der Waals surface area (Å²) in [6, 6.07) is 8.13. The number of nitrogens with zero attached hydrogens (tertiary/aromatic N) is 1. The molecule has 3 rings (SSSR count). The minimum atomic E-state index is 0.0375. The summed E-state index contributed by atoms with van der Waals surface area (Å²) in [7, 11) is 0. The maximum Gasteiger partial charge on any atom is 0.222 e. The molecule has 0 saturated carbocycles. The van der Waals surface area contributed by atoms with E-state index in [0.29, 0.717) is 38.5 Å². The molecule has 1 aromatic carbocycles. The van der Waals surface area contributed by atoms with Gasteiger partial charge in [0.25, 0.3) is 0 Å². The Hall–Kier alpha value is -2.04. The molecule has 1 N–H and O–H groups in total. The van der Waals surface area contributed by atoms with Crippen LogP contribution in [0, 0.1) is 5.92 Å². The van der Waals surface area contributed by atoms with Gasteiger partial charge < -0.3 is 15.0 Å². The van der Waals surface area contributed by atoms with Gasteiger partial charge in [-0.1, -0.05) is 24.6 Å². The number of hydrogen-bond donors (Lipinski definition) is 1. The van der Waals surface area contributed by atoms with Crippen molar-refractivity contribution in [2.75, 3.05) is 26.2 Å². The largest absolute Gasteiger partial charge is 0.493 e. The van der Waals surface area contributed by atoms with Gasteiger partial charge in [0.1, 0.15) is 5.75 Å². The van der Waals surface area contributed by atoms with Crippen molar-refractivity contribution in [1.82, 2.24) is 10.2 Å². The van der Waals surface area contributed by atoms with Gasteiger partial charge in [0.2, 0.25) is 11.8 Å². The molecule has 1 atom stereocenters. The van der Waals surface area contributed by atoms with Crippen LogP contribution in [0.1, 0.15) is 44.1 Å². The van der Waals surface area contributed by atoms with Crippen LogP contribution in [0.2, 0.25) is 0 Å². The van der Waals surface area contributed by atoms with E-state index in [-0.39, 0.29) is 11.8 Å². The molecule has 2 heterocycles. The molecule has 1 aromatic rings. The second-order valence-corrected chi connectivity index (χ2v) is 7.06. The number of para-hydroxylation sites is 1. The van der Waals surface area contributed by atoms with Gasteiger partial charge in [-0.25, -0.2) is 0 Å². The standard InChI is InChI=1S/C20H28N2O3/c23-19(9-12-22-11-5-1-2-8-20(22)24)21-15-16-10-13-25-18-7-4-3-6-17(18)14-16/h3-4,6-7,16H,1-2,5,8-15H2,(H,21,23)/t16-/m1/s1. The van der Waals surface area contributed by atoms with Gasteiger partial charge in [0, 0.05) is 32.5 Å². The van der Waals surface area contributed by atoms with E-state index >= 15 is 0 Å². The third-order valence-electron chi connectivity index (χ3n) is 5.13. The third-order valence-corrected chi connectivity index (χ3v) is 5.13. The van der Waals surface area contributed by atoms with Gasteiger partial charge >= 0.3 is 0 Å². The molecule has 1 fully saturated rings. The van der Waals surface area contributed by atoms with Crippen LogP contribution in [0.15, 0.2) is 24.3 Å². The number of amides is 2. The van der Waals surface area contributed by atoms with Crippen molar-refractivity contribution in [3.63, 3.8) is 0 Å². The average molecular weight is 344 g/mol. The number of nitrogens with one attached hydrogen (secondary N) is 1. The van der Waals surface area contributed by atoms with Crippen LogP contribution in [0.4, 0.5) is 0 Å². The van der Waals surface area contributed by atoms with E-state index in [1.165, 1.54) is 5.56 Å². The lowest BCUT2D eigenvalue weighted by molar-refractivity contribution is -0.131. The van der Waals surface area contributed by atoms with Gasteiger partial charge in [0.15, 0.2) is 0 Å². The number of fused-ring (bicyclic) bond motifs is 1. The Balaban J connectivity index is 1.42. The highest BCUT2D eigenvalue weighted by Gasteiger charge is 2.19. The number of likely N-dealkylation sites (tertiary alicyclic amines) is 1. The minimum Gasteiger partial charge on any atom is -0.493 e. The molecule has 5 heteroatoms. The van der Waals surface area contributed by atoms with Gasteiger partial charge in [-0.3, -0.25) is 9.59 Å². The smallest absolute Gasteiger partial charge is 0.222 e. The van der Waals surface area contributed by atoms with E-state index < -0.39 is 0 Å². The van der Waals surface area contributed by atoms with Crippen molar-refractivity contribution < 1.29 is 14.3 Å². The van der Waals surface area contributed by atoms with Gasteiger partial charge in [-0.05, 0) is 43.2 Å². The lowest BCUT2D eigenvalue weighted by Crippen LogP contribution is -2.36. The number of rotatable bonds is 5. The van der Waals surface area contributed by atoms with Crippen LogP contribution in [0.25, 0.3) is 0 Å². The highest BCUT2D eigenvalue weighted by molar-refractivity contribution is 5.79. The molecule has 2 aliphatic rings. The molecule has 0 unspecified atom stereocenters. The third kappa shape index (κ3) is 5.21. The molecule has 0 bridgehead atoms. The zero-order chi connectivity index (χ0) is 17.5. The Morgan fingerprint density at radius 1 is 1.24 bits per heavy atom. The number of ether oxygens (including phenoxy) is 1. The van der Waals surface area contributed by atoms with E-state index in [1.54, 1.807) is 0 Å². The Labute approximate surface area is 149 Å². The van der Waals surface area contributed by atoms with E-state index in [9.17, 15) is 9.59 Å². The number of hydrogen-bond acceptors (Lipinski definition) is 3. The molecule has 136 valence electrons. The zero-order valence-corrected chi connectivity index (χ0v) is 14.8. The van der Waals surface area contributed by atoms with Crippen molar-refractivity contribution in [3.8, 4) is 5.75 Å². The zero-order valence-electron chi connectivity index (χ0n) is 14.8. The molecule has 1 saturated heterocycles. The number of benzene rings is 1. The first-order valence-electron chi connectivity index (χ1n) is 9.47. The Kier molecular flexibility index (Phi) is 6.31. The van der Waals surface area contributed by atoms with Crippen LogP contribution in [0.3, 0.4) is 0 Å². The molecule has 0 spiro atoms. The van der Waals surface area contributed by atoms with Crippen molar-refractivity contribution in [2.24, 2.45) is 5.92 Å². The summed E-state index contributed by atoms with van der Waals surface area (Å²) in [6.45, 7) is 2.70. The molecule has 0 radical (unpaired) electrons. The second kappa shape index (κ2) is 8.88. The predicted molar refractivity (Wildman–Crippen MR) is 96.4 cm³/mol. The molecule has 0 aliphatic carbocycles. The molecule has 25 heavy (non-hydrogen) atoms. The van der Waals surface area contributed by atoms with Crippen LogP contribution in [0.5, 0.6) is 5.75 Å². The number of carbonyl (C=O) groups excluding carboxylic acids is 2. The minimum absolute atomic E-state index is 0.0375. The monoisotopic (exact) mass is 344 g/mol. The normalized spacial score (nSPS) is 20.9. The molecule has 2 aliphatic heterocycles. The van der Waals surface area contributed by atoms with Crippen LogP contribution in [-0.2, 0) is 16.0 Å². The van der Waals surface area contributed by atoms with E-state index in [2.05, 4.69) is 11.4 Å². The molecular formula is C20H28N2O3. The van der Waals surface area contributed by atoms with Crippen molar-refractivity contribution in [2.45, 2.75) is 44.9 Å². The van der Waals surface area contributed by atoms with Crippen molar-refractivity contribution >= 4 is 11.8 Å². The van der Waals surface area contributed by atoms with Crippen molar-refractivity contribution in [1.29, 1.82) is 0 Å². The van der Waals surface area contributed by atoms with E-state index in [4.69, 9.17) is 4.74 Å². The summed E-state index contributed by atoms with van der Waals surface area (Å²) < 4.78 is 5.78. The molecule has 5 nitrogen and oxygen atoms in total. The van der Waals surface area contributed by atoms with E-state index in [1.807, 2.05) is 23.1 Å². The van der Waals surface area contributed by atoms with Crippen LogP contribution in [-0.4, -0.2) is 43.0 Å². The van der Waals surface area contributed by atoms with Crippen molar-refractivity contribution in [3.05, 3.63) is 29.8 Å². The Morgan fingerprint density at radius 2 is 2.12 bits per heavy atom. The maximum absolute atomic E-state index is 12.2. The Bertz CT molecular complexity index is 602. The summed E-state index contributed by atoms with van der Waals surface area (Å²) in [4.78, 5) is 26.0. The van der Waals surface area contributed by atoms with Gasteiger partial charge in [-0.15, -0.1) is 0 Å². The fourth-order valence-electron chi connectivity index (χ4n) is 3.59. The van der Waals surface area contributed by atoms with E-state index in [0.717, 1.165) is 44.4 Å². The second-order valence-electron chi connectivity index (χ2n) is 7.06. The van der Waals surface area contributed by atoms with Crippen LogP contribution >= 0.6 is 0 Å². The predicted octanol–water partition coefficient (Wildman–Crippen LogP) is 2.54. The molecule has 0 aromatic heterocycles. The first-order chi connectivity index (χ1) is 12.2. The first kappa shape index (κ1) is 17.8. The first-order valence-corrected chi connectivity index (χ1v) is 9.47. The van der Waals surface area contributed by atoms with Gasteiger partial charge in [0.05, 0.1) is 6.61 Å². The highest BCUT2D eigenvalue weighted by Crippen LogP contribution is 2.26. The lowest BCUT2D eigenvalue weighted by atomic mass is 9.97. The summed E-state index contributed by atoms with van der Waals surface area (Å²) in [5.41, 5.74) is 1.22. The molecular weight excluding hydrogens is 316 g/mol. The number of carbonyl (C=O) groups is 2. The maximum atomic E-state index is 12.2. The molecule has 2 amide bonds. The summed E-state index contributed by atoms with van der Waals surface area (Å²) in [6.07, 6.45) is 6.04. The SMILES string of the molecule is O=C(CCN1CCCCCC1=O)NC[C@@H]1CCOc2ccccc2C1. The Morgan fingerprint density at radius 3 is 3.04 bits per heavy atom. The summed E-state index contributed by atoms with van der Waals surface area (Å²) in [5, 5.41) is 3.05. The fourth-order valence-corrected chi connectivity index (χ4v) is 3.59. The quantitative estimate of drug-likeness (QED) is 0.893. The lowest BCUT2D eigenvalue weighted by Gasteiger charge is -2.20. The fraction of sp³-hybridized carbons (Fsp3) is 0.600. The van der Waals surface area contributed by atoms with Gasteiger partial charge in [-0.2, -0.15) is 0 Å². The highest BCUT2D eigenvalue weighted by atomic mass is 16.5. The average Bonchev–Trinajstić information content (AvgIpc) is 2.95. The summed E-state index contributed by atoms with van der Waals surface area (Å²) >= 11 is 0. The summed E-state index contributed by atoms with van der Waals surface area (Å²) in [5.74, 6) is 1.60.